The molecule has 0 atom stereocenters. The molecule has 3 N–H and O–H groups in total. The molecule has 180 valence electrons. The molecule has 0 bridgehead atoms. The van der Waals surface area contributed by atoms with Gasteiger partial charge in [-0.3, -0.25) is 9.59 Å². The van der Waals surface area contributed by atoms with Gasteiger partial charge in [0.2, 0.25) is 15.5 Å². The number of nitrogens with zero attached hydrogens (tertiary/aromatic N) is 1. The van der Waals surface area contributed by atoms with Crippen molar-refractivity contribution in [3.05, 3.63) is 76.7 Å². The van der Waals surface area contributed by atoms with Gasteiger partial charge in [0, 0.05) is 18.0 Å². The molecule has 0 spiro atoms. The van der Waals surface area contributed by atoms with Gasteiger partial charge < -0.3 is 24.1 Å². The molecule has 11 heteroatoms. The van der Waals surface area contributed by atoms with Gasteiger partial charge in [0.15, 0.2) is 12.4 Å². The summed E-state index contributed by atoms with van der Waals surface area (Å²) in [5, 5.41) is 7.62. The molecule has 0 fully saturated rings. The molecule has 1 aromatic heterocycles. The van der Waals surface area contributed by atoms with Crippen molar-refractivity contribution in [3.8, 4) is 17.2 Å². The van der Waals surface area contributed by atoms with Gasteiger partial charge in [-0.25, -0.2) is 13.6 Å². The average Bonchev–Trinajstić information content (AvgIpc) is 2.80. The topological polar surface area (TPSA) is 139 Å². The molecule has 0 radical (unpaired) electrons. The Hall–Kier alpha value is -3.83. The Kier molecular flexibility index (Phi) is 7.92. The summed E-state index contributed by atoms with van der Waals surface area (Å²) in [5.41, 5.74) is 0.560. The smallest absolute Gasteiger partial charge is 0.262 e. The normalized spacial score (nSPS) is 11.0. The van der Waals surface area contributed by atoms with Crippen molar-refractivity contribution in [2.45, 2.75) is 18.4 Å². The minimum Gasteiger partial charge on any atom is -0.497 e. The Balaban J connectivity index is 1.57. The van der Waals surface area contributed by atoms with Crippen molar-refractivity contribution in [1.82, 2.24) is 4.57 Å². The summed E-state index contributed by atoms with van der Waals surface area (Å²) in [6.07, 6.45) is 1.63. The van der Waals surface area contributed by atoms with Crippen LogP contribution >= 0.6 is 0 Å². The first kappa shape index (κ1) is 24.8. The second-order valence-corrected chi connectivity index (χ2v) is 8.78. The molecule has 3 rings (SSSR count). The van der Waals surface area contributed by atoms with E-state index in [0.29, 0.717) is 30.3 Å². The van der Waals surface area contributed by atoms with Crippen LogP contribution in [0.4, 0.5) is 5.69 Å². The highest BCUT2D eigenvalue weighted by atomic mass is 32.2. The highest BCUT2D eigenvalue weighted by molar-refractivity contribution is 7.89. The third kappa shape index (κ3) is 6.59. The van der Waals surface area contributed by atoms with Crippen molar-refractivity contribution in [1.29, 1.82) is 0 Å². The summed E-state index contributed by atoms with van der Waals surface area (Å²) in [7, 11) is -2.23. The SMILES string of the molecule is COc1ccc(OCCn2ccc(=O)c(OCC(=O)Nc3ccc(S(N)(=O)=O)cc3)c2C)cc1. The zero-order chi connectivity index (χ0) is 24.7. The summed E-state index contributed by atoms with van der Waals surface area (Å²) in [6.45, 7) is 2.12. The molecule has 0 saturated carbocycles. The second kappa shape index (κ2) is 10.9. The lowest BCUT2D eigenvalue weighted by Gasteiger charge is -2.15. The quantitative estimate of drug-likeness (QED) is 0.445. The van der Waals surface area contributed by atoms with Gasteiger partial charge in [0.1, 0.15) is 18.1 Å². The maximum Gasteiger partial charge on any atom is 0.262 e. The number of nitrogens with one attached hydrogen (secondary N) is 1. The van der Waals surface area contributed by atoms with E-state index in [-0.39, 0.29) is 16.1 Å². The summed E-state index contributed by atoms with van der Waals surface area (Å²) < 4.78 is 40.7. The van der Waals surface area contributed by atoms with Crippen LogP contribution in [0.5, 0.6) is 17.2 Å². The van der Waals surface area contributed by atoms with Crippen molar-refractivity contribution >= 4 is 21.6 Å². The van der Waals surface area contributed by atoms with Crippen LogP contribution < -0.4 is 30.1 Å². The third-order valence-corrected chi connectivity index (χ3v) is 5.79. The van der Waals surface area contributed by atoms with Gasteiger partial charge >= 0.3 is 0 Å². The standard InChI is InChI=1S/C23H25N3O7S/c1-16-23(33-15-22(28)25-17-3-9-20(10-4-17)34(24,29)30)21(27)11-12-26(16)13-14-32-19-7-5-18(31-2)6-8-19/h3-12H,13-15H2,1-2H3,(H,25,28)(H2,24,29,30). The van der Waals surface area contributed by atoms with Gasteiger partial charge in [0.05, 0.1) is 24.2 Å². The van der Waals surface area contributed by atoms with Gasteiger partial charge in [-0.05, 0) is 55.5 Å². The highest BCUT2D eigenvalue weighted by Gasteiger charge is 2.12. The number of sulfonamides is 1. The van der Waals surface area contributed by atoms with Crippen LogP contribution in [0.15, 0.2) is 70.5 Å². The number of nitrogens with two attached hydrogens (primary N) is 1. The number of rotatable bonds is 10. The number of amides is 1. The summed E-state index contributed by atoms with van der Waals surface area (Å²) in [6, 6.07) is 13.9. The first-order valence-electron chi connectivity index (χ1n) is 10.2. The van der Waals surface area contributed by atoms with E-state index >= 15 is 0 Å². The maximum atomic E-state index is 12.3. The van der Waals surface area contributed by atoms with Crippen LogP contribution in [-0.2, 0) is 21.4 Å². The summed E-state index contributed by atoms with van der Waals surface area (Å²) >= 11 is 0. The second-order valence-electron chi connectivity index (χ2n) is 7.22. The van der Waals surface area contributed by atoms with E-state index in [9.17, 15) is 18.0 Å². The Morgan fingerprint density at radius 2 is 1.65 bits per heavy atom. The van der Waals surface area contributed by atoms with Crippen molar-refractivity contribution in [2.75, 3.05) is 25.6 Å². The van der Waals surface area contributed by atoms with E-state index in [1.54, 1.807) is 49.1 Å². The molecule has 0 aliphatic carbocycles. The number of carbonyl (C=O) groups excluding carboxylic acids is 1. The molecule has 0 saturated heterocycles. The van der Waals surface area contributed by atoms with Crippen LogP contribution in [-0.4, -0.2) is 39.2 Å². The van der Waals surface area contributed by atoms with Gasteiger partial charge in [-0.1, -0.05) is 0 Å². The molecule has 1 heterocycles. The first-order chi connectivity index (χ1) is 16.2. The molecule has 3 aromatic rings. The average molecular weight is 488 g/mol. The number of ether oxygens (including phenoxy) is 3. The molecule has 0 aliphatic heterocycles. The first-order valence-corrected chi connectivity index (χ1v) is 11.7. The number of carbonyl (C=O) groups is 1. The largest absolute Gasteiger partial charge is 0.497 e. The molecule has 1 amide bonds. The van der Waals surface area contributed by atoms with Crippen LogP contribution in [0.2, 0.25) is 0 Å². The molecule has 0 unspecified atom stereocenters. The number of anilines is 1. The highest BCUT2D eigenvalue weighted by Crippen LogP contribution is 2.18. The van der Waals surface area contributed by atoms with Gasteiger partial charge in [-0.15, -0.1) is 0 Å². The molecule has 2 aromatic carbocycles. The predicted molar refractivity (Wildman–Crippen MR) is 126 cm³/mol. The van der Waals surface area contributed by atoms with Crippen LogP contribution in [0.3, 0.4) is 0 Å². The number of methoxy groups -OCH3 is 1. The fourth-order valence-corrected chi connectivity index (χ4v) is 3.58. The van der Waals surface area contributed by atoms with Crippen LogP contribution in [0, 0.1) is 6.92 Å². The van der Waals surface area contributed by atoms with Crippen LogP contribution in [0.1, 0.15) is 5.69 Å². The zero-order valence-electron chi connectivity index (χ0n) is 18.7. The van der Waals surface area contributed by atoms with E-state index < -0.39 is 22.5 Å². The lowest BCUT2D eigenvalue weighted by Crippen LogP contribution is -2.24. The Morgan fingerprint density at radius 3 is 2.26 bits per heavy atom. The fraction of sp³-hybridized carbons (Fsp3) is 0.217. The number of pyridine rings is 1. The maximum absolute atomic E-state index is 12.3. The fourth-order valence-electron chi connectivity index (χ4n) is 3.07. The number of aromatic nitrogens is 1. The minimum absolute atomic E-state index is 0.0617. The number of hydrogen-bond acceptors (Lipinski definition) is 7. The monoisotopic (exact) mass is 487 g/mol. The lowest BCUT2D eigenvalue weighted by atomic mass is 10.3. The Morgan fingerprint density at radius 1 is 1.00 bits per heavy atom. The summed E-state index contributed by atoms with van der Waals surface area (Å²) in [4.78, 5) is 24.4. The summed E-state index contributed by atoms with van der Waals surface area (Å²) in [5.74, 6) is 0.965. The molecule has 10 nitrogen and oxygen atoms in total. The van der Waals surface area contributed by atoms with Crippen molar-refractivity contribution in [2.24, 2.45) is 5.14 Å². The van der Waals surface area contributed by atoms with E-state index in [1.165, 1.54) is 30.3 Å². The van der Waals surface area contributed by atoms with Gasteiger partial charge in [0.25, 0.3) is 5.91 Å². The van der Waals surface area contributed by atoms with Gasteiger partial charge in [-0.2, -0.15) is 0 Å². The zero-order valence-corrected chi connectivity index (χ0v) is 19.5. The third-order valence-electron chi connectivity index (χ3n) is 4.86. The molecule has 34 heavy (non-hydrogen) atoms. The Bertz CT molecular complexity index is 1300. The Labute approximate surface area is 196 Å². The van der Waals surface area contributed by atoms with Crippen molar-refractivity contribution in [3.63, 3.8) is 0 Å². The number of benzene rings is 2. The van der Waals surface area contributed by atoms with Crippen LogP contribution in [0.25, 0.3) is 0 Å². The van der Waals surface area contributed by atoms with Crippen molar-refractivity contribution < 1.29 is 27.4 Å². The predicted octanol–water partition coefficient (Wildman–Crippen LogP) is 1.91. The van der Waals surface area contributed by atoms with E-state index in [2.05, 4.69) is 5.32 Å². The van der Waals surface area contributed by atoms with E-state index in [4.69, 9.17) is 19.3 Å². The molecular weight excluding hydrogens is 462 g/mol. The van der Waals surface area contributed by atoms with E-state index in [1.807, 2.05) is 0 Å². The molecular formula is C23H25N3O7S. The lowest BCUT2D eigenvalue weighted by molar-refractivity contribution is -0.118. The minimum atomic E-state index is -3.82. The number of primary sulfonamides is 1. The number of hydrogen-bond donors (Lipinski definition) is 2. The molecule has 0 aliphatic rings. The van der Waals surface area contributed by atoms with E-state index in [0.717, 1.165) is 5.75 Å².